The van der Waals surface area contributed by atoms with E-state index in [-0.39, 0.29) is 17.2 Å². The van der Waals surface area contributed by atoms with Crippen molar-refractivity contribution in [3.05, 3.63) is 65.1 Å². The van der Waals surface area contributed by atoms with Crippen molar-refractivity contribution < 1.29 is 23.4 Å². The van der Waals surface area contributed by atoms with Crippen molar-refractivity contribution in [1.82, 2.24) is 0 Å². The first-order chi connectivity index (χ1) is 11.6. The minimum Gasteiger partial charge on any atom is -0.497 e. The summed E-state index contributed by atoms with van der Waals surface area (Å²) < 4.78 is 29.3. The first kappa shape index (κ1) is 15.7. The molecular weight excluding hydrogens is 313 g/mol. The summed E-state index contributed by atoms with van der Waals surface area (Å²) in [4.78, 5) is 16.1. The van der Waals surface area contributed by atoms with Crippen LogP contribution in [0, 0.1) is 5.82 Å². The van der Waals surface area contributed by atoms with E-state index in [9.17, 15) is 9.18 Å². The normalized spacial score (nSPS) is 15.2. The zero-order valence-corrected chi connectivity index (χ0v) is 13.1. The van der Waals surface area contributed by atoms with Crippen molar-refractivity contribution in [3.63, 3.8) is 0 Å². The summed E-state index contributed by atoms with van der Waals surface area (Å²) in [5.41, 5.74) is 0.830. The molecule has 1 aliphatic rings. The van der Waals surface area contributed by atoms with E-state index >= 15 is 0 Å². The first-order valence-electron chi connectivity index (χ1n) is 7.12. The number of nitrogens with zero attached hydrogens (tertiary/aromatic N) is 1. The van der Waals surface area contributed by atoms with Crippen LogP contribution in [-0.2, 0) is 9.53 Å². The molecule has 0 saturated heterocycles. The van der Waals surface area contributed by atoms with Gasteiger partial charge in [0.15, 0.2) is 5.70 Å². The predicted molar refractivity (Wildman–Crippen MR) is 86.6 cm³/mol. The number of hydrogen-bond acceptors (Lipinski definition) is 5. The van der Waals surface area contributed by atoms with Crippen LogP contribution in [0.2, 0.25) is 0 Å². The van der Waals surface area contributed by atoms with Gasteiger partial charge < -0.3 is 14.2 Å². The number of carbonyl (C=O) groups excluding carboxylic acids is 1. The highest BCUT2D eigenvalue weighted by atomic mass is 19.1. The van der Waals surface area contributed by atoms with Crippen LogP contribution in [0.1, 0.15) is 11.1 Å². The number of benzene rings is 2. The molecule has 0 aliphatic carbocycles. The Kier molecular flexibility index (Phi) is 4.29. The Morgan fingerprint density at radius 2 is 1.92 bits per heavy atom. The Bertz CT molecular complexity index is 858. The third-order valence-corrected chi connectivity index (χ3v) is 3.46. The van der Waals surface area contributed by atoms with Gasteiger partial charge in [0, 0.05) is 11.6 Å². The Labute approximate surface area is 138 Å². The second kappa shape index (κ2) is 6.54. The van der Waals surface area contributed by atoms with Crippen LogP contribution in [0.5, 0.6) is 11.5 Å². The molecule has 0 N–H and O–H groups in total. The summed E-state index contributed by atoms with van der Waals surface area (Å²) in [5.74, 6) is -0.0713. The highest BCUT2D eigenvalue weighted by molar-refractivity contribution is 6.13. The summed E-state index contributed by atoms with van der Waals surface area (Å²) in [5, 5.41) is 0. The minimum absolute atomic E-state index is 0.0585. The van der Waals surface area contributed by atoms with Gasteiger partial charge in [-0.3, -0.25) is 0 Å². The maximum atomic E-state index is 13.8. The first-order valence-corrected chi connectivity index (χ1v) is 7.12. The van der Waals surface area contributed by atoms with Crippen LogP contribution < -0.4 is 9.47 Å². The fraction of sp³-hybridized carbons (Fsp3) is 0.111. The monoisotopic (exact) mass is 327 g/mol. The number of aliphatic imine (C=N–C) groups is 1. The molecule has 0 saturated carbocycles. The Morgan fingerprint density at radius 3 is 2.62 bits per heavy atom. The smallest absolute Gasteiger partial charge is 0.363 e. The van der Waals surface area contributed by atoms with Gasteiger partial charge in [0.05, 0.1) is 19.8 Å². The van der Waals surface area contributed by atoms with Crippen LogP contribution >= 0.6 is 0 Å². The standard InChI is InChI=1S/C18H14FNO4/c1-22-12-8-7-11(16(10-12)23-2)9-15-18(21)24-17(20-15)13-5-3-4-6-14(13)19/h3-10H,1-2H3/b15-9-. The molecule has 0 bridgehead atoms. The molecule has 0 amide bonds. The van der Waals surface area contributed by atoms with E-state index in [1.54, 1.807) is 37.4 Å². The van der Waals surface area contributed by atoms with E-state index < -0.39 is 11.8 Å². The molecule has 0 aromatic heterocycles. The highest BCUT2D eigenvalue weighted by Gasteiger charge is 2.26. The van der Waals surface area contributed by atoms with Gasteiger partial charge in [0.2, 0.25) is 5.90 Å². The molecule has 0 unspecified atom stereocenters. The van der Waals surface area contributed by atoms with E-state index in [1.807, 2.05) is 0 Å². The molecule has 24 heavy (non-hydrogen) atoms. The van der Waals surface area contributed by atoms with Gasteiger partial charge >= 0.3 is 5.97 Å². The maximum Gasteiger partial charge on any atom is 0.363 e. The number of carbonyl (C=O) groups is 1. The minimum atomic E-state index is -0.647. The summed E-state index contributed by atoms with van der Waals surface area (Å²) >= 11 is 0. The van der Waals surface area contributed by atoms with Gasteiger partial charge in [-0.25, -0.2) is 14.2 Å². The van der Waals surface area contributed by atoms with Crippen molar-refractivity contribution in [1.29, 1.82) is 0 Å². The van der Waals surface area contributed by atoms with E-state index in [0.717, 1.165) is 0 Å². The van der Waals surface area contributed by atoms with Gasteiger partial charge in [-0.1, -0.05) is 12.1 Å². The lowest BCUT2D eigenvalue weighted by molar-refractivity contribution is -0.129. The molecule has 0 atom stereocenters. The fourth-order valence-electron chi connectivity index (χ4n) is 2.24. The quantitative estimate of drug-likeness (QED) is 0.639. The van der Waals surface area contributed by atoms with Crippen LogP contribution in [0.25, 0.3) is 6.08 Å². The largest absolute Gasteiger partial charge is 0.497 e. The average molecular weight is 327 g/mol. The van der Waals surface area contributed by atoms with Crippen molar-refractivity contribution in [2.75, 3.05) is 14.2 Å². The lowest BCUT2D eigenvalue weighted by Gasteiger charge is -2.07. The van der Waals surface area contributed by atoms with Crippen LogP contribution in [0.4, 0.5) is 4.39 Å². The third kappa shape index (κ3) is 2.99. The van der Waals surface area contributed by atoms with Gasteiger partial charge in [-0.2, -0.15) is 0 Å². The number of esters is 1. The van der Waals surface area contributed by atoms with Gasteiger partial charge in [-0.15, -0.1) is 0 Å². The summed E-state index contributed by atoms with van der Waals surface area (Å²) in [6, 6.07) is 11.1. The highest BCUT2D eigenvalue weighted by Crippen LogP contribution is 2.28. The molecule has 122 valence electrons. The molecule has 2 aromatic carbocycles. The number of ether oxygens (including phenoxy) is 3. The van der Waals surface area contributed by atoms with Gasteiger partial charge in [0.25, 0.3) is 0 Å². The molecule has 0 fully saturated rings. The summed E-state index contributed by atoms with van der Waals surface area (Å²) in [6.07, 6.45) is 1.52. The second-order valence-electron chi connectivity index (χ2n) is 4.92. The Balaban J connectivity index is 1.99. The molecule has 1 heterocycles. The molecule has 6 heteroatoms. The molecule has 0 spiro atoms. The van der Waals surface area contributed by atoms with E-state index in [4.69, 9.17) is 14.2 Å². The van der Waals surface area contributed by atoms with Gasteiger partial charge in [-0.05, 0) is 30.3 Å². The van der Waals surface area contributed by atoms with Crippen molar-refractivity contribution in [2.45, 2.75) is 0 Å². The lowest BCUT2D eigenvalue weighted by Crippen LogP contribution is -2.07. The van der Waals surface area contributed by atoms with Crippen LogP contribution in [0.15, 0.2) is 53.2 Å². The predicted octanol–water partition coefficient (Wildman–Crippen LogP) is 3.19. The Morgan fingerprint density at radius 1 is 1.12 bits per heavy atom. The SMILES string of the molecule is COc1ccc(/C=C2\N=C(c3ccccc3F)OC2=O)c(OC)c1. The second-order valence-corrected chi connectivity index (χ2v) is 4.92. The number of rotatable bonds is 4. The van der Waals surface area contributed by atoms with E-state index in [0.29, 0.717) is 17.1 Å². The third-order valence-electron chi connectivity index (χ3n) is 3.46. The lowest BCUT2D eigenvalue weighted by atomic mass is 10.1. The molecule has 0 radical (unpaired) electrons. The van der Waals surface area contributed by atoms with Crippen LogP contribution in [0.3, 0.4) is 0 Å². The van der Waals surface area contributed by atoms with Gasteiger partial charge in [0.1, 0.15) is 17.3 Å². The molecular formula is C18H14FNO4. The number of halogens is 1. The van der Waals surface area contributed by atoms with Crippen molar-refractivity contribution in [2.24, 2.45) is 4.99 Å². The maximum absolute atomic E-state index is 13.8. The zero-order chi connectivity index (χ0) is 17.1. The topological polar surface area (TPSA) is 57.1 Å². The van der Waals surface area contributed by atoms with Crippen molar-refractivity contribution >= 4 is 17.9 Å². The molecule has 5 nitrogen and oxygen atoms in total. The summed E-state index contributed by atoms with van der Waals surface area (Å²) in [6.45, 7) is 0. The number of hydrogen-bond donors (Lipinski definition) is 0. The number of cyclic esters (lactones) is 1. The molecule has 1 aliphatic heterocycles. The Hall–Kier alpha value is -3.15. The fourth-order valence-corrected chi connectivity index (χ4v) is 2.24. The van der Waals surface area contributed by atoms with E-state index in [1.165, 1.54) is 25.3 Å². The van der Waals surface area contributed by atoms with Crippen LogP contribution in [-0.4, -0.2) is 26.1 Å². The molecule has 3 rings (SSSR count). The van der Waals surface area contributed by atoms with Crippen molar-refractivity contribution in [3.8, 4) is 11.5 Å². The average Bonchev–Trinajstić information content (AvgIpc) is 2.96. The molecule has 2 aromatic rings. The number of methoxy groups -OCH3 is 2. The van der Waals surface area contributed by atoms with E-state index in [2.05, 4.69) is 4.99 Å². The zero-order valence-electron chi connectivity index (χ0n) is 13.1. The summed E-state index contributed by atoms with van der Waals surface area (Å²) in [7, 11) is 3.06.